The Morgan fingerprint density at radius 3 is 2.65 bits per heavy atom. The molecule has 0 bridgehead atoms. The Morgan fingerprint density at radius 2 is 2.00 bits per heavy atom. The zero-order valence-corrected chi connectivity index (χ0v) is 11.8. The van der Waals surface area contributed by atoms with Crippen LogP contribution in [0.4, 0.5) is 0 Å². The Morgan fingerprint density at radius 1 is 1.30 bits per heavy atom. The molecule has 1 N–H and O–H groups in total. The standard InChI is InChI=1S/C12H15N5O2S/c1-9(12-13-15-16-17(12)10-7-8-10)14-20(18,19)11-5-3-2-4-6-11/h2-6,9-10,14H,7-8H2,1H3. The van der Waals surface area contributed by atoms with E-state index in [0.29, 0.717) is 11.9 Å². The molecule has 2 aromatic rings. The fraction of sp³-hybridized carbons (Fsp3) is 0.417. The van der Waals surface area contributed by atoms with E-state index in [1.54, 1.807) is 41.9 Å². The van der Waals surface area contributed by atoms with Crippen molar-refractivity contribution < 1.29 is 8.42 Å². The number of nitrogens with zero attached hydrogens (tertiary/aromatic N) is 4. The number of aromatic nitrogens is 4. The molecule has 1 saturated carbocycles. The van der Waals surface area contributed by atoms with Crippen LogP contribution in [0.2, 0.25) is 0 Å². The lowest BCUT2D eigenvalue weighted by atomic mass is 10.3. The van der Waals surface area contributed by atoms with Gasteiger partial charge in [0.1, 0.15) is 0 Å². The minimum atomic E-state index is -3.57. The fourth-order valence-corrected chi connectivity index (χ4v) is 3.24. The molecule has 1 aliphatic rings. The number of benzene rings is 1. The molecule has 0 spiro atoms. The van der Waals surface area contributed by atoms with Crippen molar-refractivity contribution in [3.05, 3.63) is 36.2 Å². The molecule has 0 amide bonds. The summed E-state index contributed by atoms with van der Waals surface area (Å²) in [6.45, 7) is 1.74. The molecule has 0 saturated heterocycles. The Hall–Kier alpha value is -1.80. The first-order valence-electron chi connectivity index (χ1n) is 6.43. The predicted molar refractivity (Wildman–Crippen MR) is 71.3 cm³/mol. The Kier molecular flexibility index (Phi) is 3.27. The average Bonchev–Trinajstić information content (AvgIpc) is 3.16. The summed E-state index contributed by atoms with van der Waals surface area (Å²) in [4.78, 5) is 0.234. The molecule has 7 nitrogen and oxygen atoms in total. The van der Waals surface area contributed by atoms with Crippen molar-refractivity contribution in [3.63, 3.8) is 0 Å². The van der Waals surface area contributed by atoms with Crippen LogP contribution in [0.5, 0.6) is 0 Å². The molecule has 3 rings (SSSR count). The first kappa shape index (κ1) is 13.2. The highest BCUT2D eigenvalue weighted by Gasteiger charge is 2.30. The first-order valence-corrected chi connectivity index (χ1v) is 7.91. The van der Waals surface area contributed by atoms with Gasteiger partial charge >= 0.3 is 0 Å². The lowest BCUT2D eigenvalue weighted by Crippen LogP contribution is -2.29. The largest absolute Gasteiger partial charge is 0.241 e. The van der Waals surface area contributed by atoms with Gasteiger partial charge in [0, 0.05) is 0 Å². The van der Waals surface area contributed by atoms with Gasteiger partial charge in [-0.1, -0.05) is 18.2 Å². The van der Waals surface area contributed by atoms with Gasteiger partial charge in [-0.3, -0.25) is 0 Å². The second-order valence-electron chi connectivity index (χ2n) is 4.87. The zero-order valence-electron chi connectivity index (χ0n) is 11.0. The SMILES string of the molecule is CC(NS(=O)(=O)c1ccccc1)c1nnnn1C1CC1. The third-order valence-electron chi connectivity index (χ3n) is 3.18. The van der Waals surface area contributed by atoms with Gasteiger partial charge in [0.15, 0.2) is 5.82 Å². The molecule has 1 aliphatic carbocycles. The van der Waals surface area contributed by atoms with Gasteiger partial charge in [0.25, 0.3) is 0 Å². The third-order valence-corrected chi connectivity index (χ3v) is 4.74. The van der Waals surface area contributed by atoms with Crippen molar-refractivity contribution in [2.45, 2.75) is 36.7 Å². The molecule has 1 atom stereocenters. The van der Waals surface area contributed by atoms with Crippen LogP contribution in [0.3, 0.4) is 0 Å². The lowest BCUT2D eigenvalue weighted by Gasteiger charge is -2.13. The first-order chi connectivity index (χ1) is 9.58. The highest BCUT2D eigenvalue weighted by molar-refractivity contribution is 7.89. The van der Waals surface area contributed by atoms with E-state index in [0.717, 1.165) is 12.8 Å². The number of rotatable bonds is 5. The monoisotopic (exact) mass is 293 g/mol. The molecule has 8 heteroatoms. The maximum absolute atomic E-state index is 12.2. The summed E-state index contributed by atoms with van der Waals surface area (Å²) >= 11 is 0. The Bertz CT molecular complexity index is 694. The highest BCUT2D eigenvalue weighted by Crippen LogP contribution is 2.35. The molecule has 1 aromatic carbocycles. The highest BCUT2D eigenvalue weighted by atomic mass is 32.2. The van der Waals surface area contributed by atoms with Crippen LogP contribution in [0, 0.1) is 0 Å². The van der Waals surface area contributed by atoms with Crippen molar-refractivity contribution in [2.24, 2.45) is 0 Å². The van der Waals surface area contributed by atoms with Crippen LogP contribution in [-0.4, -0.2) is 28.6 Å². The summed E-state index contributed by atoms with van der Waals surface area (Å²) < 4.78 is 28.8. The minimum absolute atomic E-state index is 0.234. The number of hydrogen-bond donors (Lipinski definition) is 1. The second kappa shape index (κ2) is 4.95. The van der Waals surface area contributed by atoms with Crippen LogP contribution < -0.4 is 4.72 Å². The molecule has 20 heavy (non-hydrogen) atoms. The summed E-state index contributed by atoms with van der Waals surface area (Å²) in [6.07, 6.45) is 2.08. The van der Waals surface area contributed by atoms with Crippen LogP contribution in [0.1, 0.15) is 37.7 Å². The molecule has 0 radical (unpaired) electrons. The topological polar surface area (TPSA) is 89.8 Å². The van der Waals surface area contributed by atoms with Gasteiger partial charge in [0.05, 0.1) is 17.0 Å². The molecule has 1 unspecified atom stereocenters. The smallest absolute Gasteiger partial charge is 0.225 e. The van der Waals surface area contributed by atoms with E-state index in [4.69, 9.17) is 0 Å². The Labute approximate surface area is 117 Å². The van der Waals surface area contributed by atoms with Crippen LogP contribution >= 0.6 is 0 Å². The zero-order chi connectivity index (χ0) is 14.2. The van der Waals surface area contributed by atoms with E-state index in [1.807, 2.05) is 0 Å². The van der Waals surface area contributed by atoms with Crippen molar-refractivity contribution in [1.29, 1.82) is 0 Å². The van der Waals surface area contributed by atoms with E-state index in [2.05, 4.69) is 20.2 Å². The van der Waals surface area contributed by atoms with Gasteiger partial charge in [0.2, 0.25) is 10.0 Å². The maximum atomic E-state index is 12.2. The average molecular weight is 293 g/mol. The van der Waals surface area contributed by atoms with Crippen molar-refractivity contribution in [2.75, 3.05) is 0 Å². The van der Waals surface area contributed by atoms with Crippen molar-refractivity contribution >= 4 is 10.0 Å². The molecular weight excluding hydrogens is 278 g/mol. The third kappa shape index (κ3) is 2.56. The predicted octanol–water partition coefficient (Wildman–Crippen LogP) is 1.05. The number of tetrazole rings is 1. The van der Waals surface area contributed by atoms with E-state index < -0.39 is 16.1 Å². The van der Waals surface area contributed by atoms with E-state index >= 15 is 0 Å². The molecule has 0 aliphatic heterocycles. The summed E-state index contributed by atoms with van der Waals surface area (Å²) in [5, 5.41) is 11.5. The van der Waals surface area contributed by atoms with Crippen molar-refractivity contribution in [3.8, 4) is 0 Å². The number of nitrogens with one attached hydrogen (secondary N) is 1. The van der Waals surface area contributed by atoms with Gasteiger partial charge in [-0.15, -0.1) is 5.10 Å². The van der Waals surface area contributed by atoms with Crippen LogP contribution in [0.25, 0.3) is 0 Å². The van der Waals surface area contributed by atoms with E-state index in [1.165, 1.54) is 0 Å². The van der Waals surface area contributed by atoms with Gasteiger partial charge < -0.3 is 0 Å². The maximum Gasteiger partial charge on any atom is 0.241 e. The van der Waals surface area contributed by atoms with Crippen LogP contribution in [-0.2, 0) is 10.0 Å². The summed E-state index contributed by atoms with van der Waals surface area (Å²) in [6, 6.07) is 8.09. The van der Waals surface area contributed by atoms with Gasteiger partial charge in [-0.2, -0.15) is 0 Å². The Balaban J connectivity index is 1.82. The second-order valence-corrected chi connectivity index (χ2v) is 6.58. The van der Waals surface area contributed by atoms with Gasteiger partial charge in [-0.05, 0) is 42.3 Å². The van der Waals surface area contributed by atoms with Crippen molar-refractivity contribution in [1.82, 2.24) is 24.9 Å². The lowest BCUT2D eigenvalue weighted by molar-refractivity contribution is 0.523. The quantitative estimate of drug-likeness (QED) is 0.890. The number of hydrogen-bond acceptors (Lipinski definition) is 5. The van der Waals surface area contributed by atoms with E-state index in [-0.39, 0.29) is 4.90 Å². The fourth-order valence-electron chi connectivity index (χ4n) is 2.02. The summed E-state index contributed by atoms with van der Waals surface area (Å²) in [5.41, 5.74) is 0. The normalized spacial score (nSPS) is 17.1. The molecule has 106 valence electrons. The number of sulfonamides is 1. The summed E-state index contributed by atoms with van der Waals surface area (Å²) in [5.74, 6) is 0.548. The molecular formula is C12H15N5O2S. The van der Waals surface area contributed by atoms with Crippen LogP contribution in [0.15, 0.2) is 35.2 Å². The summed E-state index contributed by atoms with van der Waals surface area (Å²) in [7, 11) is -3.57. The molecule has 1 fully saturated rings. The minimum Gasteiger partial charge on any atom is -0.225 e. The van der Waals surface area contributed by atoms with E-state index in [9.17, 15) is 8.42 Å². The molecule has 1 heterocycles. The molecule has 1 aromatic heterocycles. The van der Waals surface area contributed by atoms with Gasteiger partial charge in [-0.25, -0.2) is 17.8 Å².